The molecule has 0 spiro atoms. The third kappa shape index (κ3) is 13.5. The molecule has 0 amide bonds. The van der Waals surface area contributed by atoms with Crippen molar-refractivity contribution in [3.63, 3.8) is 0 Å². The van der Waals surface area contributed by atoms with E-state index in [1.807, 2.05) is 6.92 Å². The lowest BCUT2D eigenvalue weighted by atomic mass is 10.0. The highest BCUT2D eigenvalue weighted by Gasteiger charge is 2.24. The molecular weight excluding hydrogens is 940 g/mol. The van der Waals surface area contributed by atoms with Crippen LogP contribution in [0.25, 0.3) is 0 Å². The van der Waals surface area contributed by atoms with Gasteiger partial charge >= 0.3 is 0 Å². The van der Waals surface area contributed by atoms with Crippen molar-refractivity contribution in [2.45, 2.75) is 43.7 Å². The Morgan fingerprint density at radius 2 is 1.00 bits per heavy atom. The van der Waals surface area contributed by atoms with Crippen LogP contribution in [0.2, 0.25) is 0 Å². The van der Waals surface area contributed by atoms with Gasteiger partial charge in [0.2, 0.25) is 37.5 Å². The van der Waals surface area contributed by atoms with E-state index in [9.17, 15) is 40.2 Å². The molecule has 6 aromatic rings. The summed E-state index contributed by atoms with van der Waals surface area (Å²) in [6.07, 6.45) is 3.56. The first kappa shape index (κ1) is 54.3. The first-order valence-corrected chi connectivity index (χ1v) is 23.1. The van der Waals surface area contributed by atoms with Crippen LogP contribution in [0.4, 0.5) is 30.6 Å². The minimum absolute atomic E-state index is 0. The number of nitrogens with two attached hydrogens (primary N) is 3. The number of sulfone groups is 1. The van der Waals surface area contributed by atoms with Crippen molar-refractivity contribution in [2.75, 3.05) is 55.8 Å². The molecule has 356 valence electrons. The number of anilines is 3. The van der Waals surface area contributed by atoms with Gasteiger partial charge in [-0.05, 0) is 60.4 Å². The summed E-state index contributed by atoms with van der Waals surface area (Å²) in [5.41, 5.74) is 17.2. The van der Waals surface area contributed by atoms with E-state index in [4.69, 9.17) is 31.4 Å². The maximum Gasteiger partial charge on any atom is 0.249 e. The third-order valence-corrected chi connectivity index (χ3v) is 12.1. The zero-order chi connectivity index (χ0) is 48.9. The lowest BCUT2D eigenvalue weighted by Crippen LogP contribution is -2.14. The van der Waals surface area contributed by atoms with Gasteiger partial charge in [-0.3, -0.25) is 18.6 Å². The van der Waals surface area contributed by atoms with Gasteiger partial charge in [-0.15, -0.1) is 0 Å². The number of rotatable bonds is 15. The number of ether oxygens (including phenoxy) is 3. The fourth-order valence-corrected chi connectivity index (χ4v) is 7.27. The Morgan fingerprint density at radius 3 is 1.34 bits per heavy atom. The van der Waals surface area contributed by atoms with Crippen molar-refractivity contribution in [1.82, 2.24) is 29.9 Å². The van der Waals surface area contributed by atoms with Crippen LogP contribution in [0, 0.1) is 17.5 Å². The number of carbonyl (C=O) groups excluding carboxylic acids is 3. The predicted molar refractivity (Wildman–Crippen MR) is 246 cm³/mol. The van der Waals surface area contributed by atoms with Gasteiger partial charge in [0, 0.05) is 24.3 Å². The zero-order valence-corrected chi connectivity index (χ0v) is 38.4. The third-order valence-electron chi connectivity index (χ3n) is 8.74. The van der Waals surface area contributed by atoms with E-state index in [2.05, 4.69) is 29.9 Å². The van der Waals surface area contributed by atoms with E-state index >= 15 is 0 Å². The summed E-state index contributed by atoms with van der Waals surface area (Å²) in [4.78, 5) is 60.6. The first-order chi connectivity index (χ1) is 31.3. The molecule has 0 aliphatic rings. The Hall–Kier alpha value is -7.05. The molecule has 18 nitrogen and oxygen atoms in total. The summed E-state index contributed by atoms with van der Waals surface area (Å²) < 4.78 is 90.3. The largest absolute Gasteiger partial charge is 0.496 e. The molecule has 67 heavy (non-hydrogen) atoms. The Labute approximate surface area is 390 Å². The number of thioether (sulfide) groups is 1. The summed E-state index contributed by atoms with van der Waals surface area (Å²) in [7, 11) is -0.906. The van der Waals surface area contributed by atoms with Crippen molar-refractivity contribution in [3.05, 3.63) is 124 Å². The van der Waals surface area contributed by atoms with Gasteiger partial charge in [0.05, 0.1) is 71.3 Å². The van der Waals surface area contributed by atoms with Crippen LogP contribution in [0.1, 0.15) is 76.0 Å². The van der Waals surface area contributed by atoms with E-state index in [0.29, 0.717) is 10.9 Å². The maximum absolute atomic E-state index is 13.4. The fourth-order valence-electron chi connectivity index (χ4n) is 5.38. The summed E-state index contributed by atoms with van der Waals surface area (Å²) in [5, 5.41) is 0.0979. The number of nitrogens with zero attached hydrogens (tertiary/aromatic N) is 6. The lowest BCUT2D eigenvalue weighted by Gasteiger charge is -2.09. The molecule has 0 saturated heterocycles. The molecule has 0 bridgehead atoms. The standard InChI is InChI=1S/C14H14FN3O4S.C14H14FN3O3S.C14H14FN3O2S.CH4/c1-3-23(20,21)14-17-7-10(13(16)18-14)12(19)9-6-8(15)4-5-11(9)22-2;1-3-22(20)14-17-7-10(13(16)18-14)12(19)9-6-8(15)4-5-11(9)21-2;1-3-21-14-17-7-10(13(16)18-14)12(19)9-6-8(15)4-5-11(9)20-2;/h4-7H,3H2,1-2H3,(H2,16,17,18);4-7H,3H2,1-2H3,(H2,16,17,18);4-7H,3H2,1-2H3,(H2,16,17,18);1H4. The van der Waals surface area contributed by atoms with Crippen LogP contribution in [-0.4, -0.2) is 98.5 Å². The molecule has 3 aromatic carbocycles. The molecule has 0 aliphatic carbocycles. The van der Waals surface area contributed by atoms with Crippen molar-refractivity contribution in [2.24, 2.45) is 0 Å². The number of halogens is 3. The molecule has 24 heteroatoms. The second-order valence-electron chi connectivity index (χ2n) is 12.8. The van der Waals surface area contributed by atoms with Crippen LogP contribution >= 0.6 is 11.8 Å². The molecule has 0 radical (unpaired) electrons. The van der Waals surface area contributed by atoms with E-state index in [1.54, 1.807) is 6.92 Å². The van der Waals surface area contributed by atoms with Gasteiger partial charge in [-0.2, -0.15) is 0 Å². The Bertz CT molecular complexity index is 2920. The molecule has 1 atom stereocenters. The van der Waals surface area contributed by atoms with Gasteiger partial charge in [0.15, 0.2) is 5.16 Å². The highest BCUT2D eigenvalue weighted by Crippen LogP contribution is 2.28. The van der Waals surface area contributed by atoms with Gasteiger partial charge in [-0.1, -0.05) is 40.0 Å². The normalized spacial score (nSPS) is 11.1. The molecule has 3 heterocycles. The average Bonchev–Trinajstić information content (AvgIpc) is 3.31. The van der Waals surface area contributed by atoms with E-state index in [0.717, 1.165) is 36.2 Å². The minimum atomic E-state index is -3.65. The molecule has 0 fully saturated rings. The number of hydrogen-bond acceptors (Lipinski definition) is 19. The fraction of sp³-hybridized carbons (Fsp3) is 0.233. The van der Waals surface area contributed by atoms with Gasteiger partial charge < -0.3 is 31.4 Å². The minimum Gasteiger partial charge on any atom is -0.496 e. The highest BCUT2D eigenvalue weighted by atomic mass is 32.2. The first-order valence-electron chi connectivity index (χ1n) is 19.1. The zero-order valence-electron chi connectivity index (χ0n) is 36.0. The lowest BCUT2D eigenvalue weighted by molar-refractivity contribution is 0.102. The Kier molecular flexibility index (Phi) is 19.8. The van der Waals surface area contributed by atoms with Crippen LogP contribution < -0.4 is 31.4 Å². The van der Waals surface area contributed by atoms with E-state index in [-0.39, 0.29) is 86.4 Å². The molecular formula is C43H46F3N9O9S3. The van der Waals surface area contributed by atoms with Crippen molar-refractivity contribution < 1.29 is 54.4 Å². The smallest absolute Gasteiger partial charge is 0.249 e. The Morgan fingerprint density at radius 1 is 0.612 bits per heavy atom. The molecule has 1 unspecified atom stereocenters. The summed E-state index contributed by atoms with van der Waals surface area (Å²) in [6, 6.07) is 10.7. The number of hydrogen-bond donors (Lipinski definition) is 3. The molecule has 0 saturated carbocycles. The average molecular weight is 986 g/mol. The number of methoxy groups -OCH3 is 3. The summed E-state index contributed by atoms with van der Waals surface area (Å²) in [6.45, 7) is 5.11. The molecule has 3 aromatic heterocycles. The molecule has 0 aliphatic heterocycles. The predicted octanol–water partition coefficient (Wildman–Crippen LogP) is 5.98. The van der Waals surface area contributed by atoms with E-state index < -0.39 is 60.6 Å². The topological polar surface area (TPSA) is 286 Å². The number of benzene rings is 3. The van der Waals surface area contributed by atoms with Crippen molar-refractivity contribution >= 4 is 67.2 Å². The van der Waals surface area contributed by atoms with Crippen molar-refractivity contribution in [1.29, 1.82) is 0 Å². The summed E-state index contributed by atoms with van der Waals surface area (Å²) in [5.74, 6) is -2.21. The Balaban J connectivity index is 0.000000265. The van der Waals surface area contributed by atoms with Gasteiger partial charge in [0.1, 0.15) is 52.2 Å². The van der Waals surface area contributed by atoms with Crippen LogP contribution in [0.15, 0.2) is 88.7 Å². The van der Waals surface area contributed by atoms with Gasteiger partial charge in [-0.25, -0.2) is 51.5 Å². The maximum atomic E-state index is 13.4. The number of ketones is 3. The number of nitrogen functional groups attached to an aromatic ring is 3. The number of aromatic nitrogens is 6. The molecule has 6 rings (SSSR count). The quantitative estimate of drug-likeness (QED) is 0.0605. The SMILES string of the molecule is C.CCS(=O)(=O)c1ncc(C(=O)c2cc(F)ccc2OC)c(N)n1.CCS(=O)c1ncc(C(=O)c2cc(F)ccc2OC)c(N)n1.CCSc1ncc(C(=O)c2cc(F)ccc2OC)c(N)n1. The van der Waals surface area contributed by atoms with Crippen LogP contribution in [-0.2, 0) is 20.6 Å². The second-order valence-corrected chi connectivity index (χ2v) is 17.9. The van der Waals surface area contributed by atoms with Gasteiger partial charge in [0.25, 0.3) is 0 Å². The second kappa shape index (κ2) is 24.5. The highest BCUT2D eigenvalue weighted by molar-refractivity contribution is 7.99. The summed E-state index contributed by atoms with van der Waals surface area (Å²) >= 11 is 1.42. The van der Waals surface area contributed by atoms with Crippen molar-refractivity contribution in [3.8, 4) is 17.2 Å². The van der Waals surface area contributed by atoms with E-state index in [1.165, 1.54) is 82.7 Å². The van der Waals surface area contributed by atoms with Crippen LogP contribution in [0.5, 0.6) is 17.2 Å². The molecule has 6 N–H and O–H groups in total. The monoisotopic (exact) mass is 985 g/mol. The number of carbonyl (C=O) groups is 3. The van der Waals surface area contributed by atoms with Crippen LogP contribution in [0.3, 0.4) is 0 Å².